The Labute approximate surface area is 104 Å². The number of hydrogen-bond donors (Lipinski definition) is 1. The second kappa shape index (κ2) is 5.16. The molecule has 0 radical (unpaired) electrons. The summed E-state index contributed by atoms with van der Waals surface area (Å²) in [5, 5.41) is 3.21. The fraction of sp³-hybridized carbons (Fsp3) is 0.583. The van der Waals surface area contributed by atoms with Gasteiger partial charge >= 0.3 is 0 Å². The molecule has 1 N–H and O–H groups in total. The first-order chi connectivity index (χ1) is 8.46. The Kier molecular flexibility index (Phi) is 3.77. The van der Waals surface area contributed by atoms with Crippen LogP contribution in [-0.4, -0.2) is 36.4 Å². The van der Waals surface area contributed by atoms with Gasteiger partial charge in [0.25, 0.3) is 5.88 Å². The first-order valence-electron chi connectivity index (χ1n) is 5.79. The van der Waals surface area contributed by atoms with Crippen molar-refractivity contribution in [3.63, 3.8) is 0 Å². The summed E-state index contributed by atoms with van der Waals surface area (Å²) in [7, 11) is 0. The van der Waals surface area contributed by atoms with E-state index < -0.39 is 11.6 Å². The van der Waals surface area contributed by atoms with Crippen LogP contribution < -0.4 is 10.1 Å². The molecule has 1 atom stereocenters. The van der Waals surface area contributed by atoms with Crippen LogP contribution in [0.1, 0.15) is 13.8 Å². The Morgan fingerprint density at radius 2 is 2.33 bits per heavy atom. The largest absolute Gasteiger partial charge is 0.473 e. The summed E-state index contributed by atoms with van der Waals surface area (Å²) in [6, 6.07) is 0.742. The van der Waals surface area contributed by atoms with Crippen molar-refractivity contribution in [2.24, 2.45) is 0 Å². The van der Waals surface area contributed by atoms with Gasteiger partial charge in [0.1, 0.15) is 18.5 Å². The van der Waals surface area contributed by atoms with Crippen molar-refractivity contribution in [3.05, 3.63) is 23.9 Å². The molecule has 1 aliphatic heterocycles. The van der Waals surface area contributed by atoms with Crippen molar-refractivity contribution in [2.75, 3.05) is 19.7 Å². The van der Waals surface area contributed by atoms with Crippen molar-refractivity contribution < 1.29 is 18.3 Å². The van der Waals surface area contributed by atoms with Crippen molar-refractivity contribution >= 4 is 0 Å². The van der Waals surface area contributed by atoms with Crippen LogP contribution in [0.5, 0.6) is 5.88 Å². The van der Waals surface area contributed by atoms with E-state index in [-0.39, 0.29) is 24.2 Å². The summed E-state index contributed by atoms with van der Waals surface area (Å²) < 4.78 is 36.9. The first-order valence-corrected chi connectivity index (χ1v) is 5.79. The second-order valence-electron chi connectivity index (χ2n) is 4.88. The number of nitrogens with zero attached hydrogens (tertiary/aromatic N) is 1. The maximum absolute atomic E-state index is 13.3. The molecular weight excluding hydrogens is 242 g/mol. The normalized spacial score (nSPS) is 22.8. The summed E-state index contributed by atoms with van der Waals surface area (Å²) in [6.07, 6.45) is 0.738. The van der Waals surface area contributed by atoms with Gasteiger partial charge in [-0.05, 0) is 13.8 Å². The average molecular weight is 258 g/mol. The number of morpholine rings is 1. The average Bonchev–Trinajstić information content (AvgIpc) is 2.26. The Morgan fingerprint density at radius 1 is 1.56 bits per heavy atom. The highest BCUT2D eigenvalue weighted by Crippen LogP contribution is 2.18. The lowest BCUT2D eigenvalue weighted by atomic mass is 10.1. The number of pyridine rings is 1. The fourth-order valence-electron chi connectivity index (χ4n) is 1.84. The third-order valence-corrected chi connectivity index (χ3v) is 2.59. The SMILES string of the molecule is CC1(C)CNCC(COc2ncc(F)cc2F)O1. The zero-order valence-electron chi connectivity index (χ0n) is 10.4. The number of rotatable bonds is 3. The Bertz CT molecular complexity index is 427. The summed E-state index contributed by atoms with van der Waals surface area (Å²) in [4.78, 5) is 3.55. The van der Waals surface area contributed by atoms with E-state index in [4.69, 9.17) is 9.47 Å². The third kappa shape index (κ3) is 3.36. The molecule has 18 heavy (non-hydrogen) atoms. The third-order valence-electron chi connectivity index (χ3n) is 2.59. The van der Waals surface area contributed by atoms with Gasteiger partial charge in [-0.3, -0.25) is 0 Å². The molecule has 2 rings (SSSR count). The molecule has 0 spiro atoms. The van der Waals surface area contributed by atoms with E-state index in [9.17, 15) is 8.78 Å². The number of ether oxygens (including phenoxy) is 2. The first kappa shape index (κ1) is 13.2. The monoisotopic (exact) mass is 258 g/mol. The number of halogens is 2. The fourth-order valence-corrected chi connectivity index (χ4v) is 1.84. The van der Waals surface area contributed by atoms with Gasteiger partial charge in [-0.25, -0.2) is 13.8 Å². The van der Waals surface area contributed by atoms with E-state index in [1.54, 1.807) is 0 Å². The number of hydrogen-bond acceptors (Lipinski definition) is 4. The quantitative estimate of drug-likeness (QED) is 0.892. The van der Waals surface area contributed by atoms with Crippen LogP contribution in [0.15, 0.2) is 12.3 Å². The molecule has 1 unspecified atom stereocenters. The predicted molar refractivity (Wildman–Crippen MR) is 61.5 cm³/mol. The maximum atomic E-state index is 13.3. The Morgan fingerprint density at radius 3 is 3.00 bits per heavy atom. The molecule has 4 nitrogen and oxygen atoms in total. The van der Waals surface area contributed by atoms with Gasteiger partial charge in [0, 0.05) is 19.2 Å². The Balaban J connectivity index is 1.91. The maximum Gasteiger partial charge on any atom is 0.250 e. The van der Waals surface area contributed by atoms with E-state index in [2.05, 4.69) is 10.3 Å². The van der Waals surface area contributed by atoms with Gasteiger partial charge in [0.15, 0.2) is 5.82 Å². The van der Waals surface area contributed by atoms with Gasteiger partial charge in [-0.15, -0.1) is 0 Å². The van der Waals surface area contributed by atoms with E-state index in [0.717, 1.165) is 18.8 Å². The van der Waals surface area contributed by atoms with Crippen molar-refractivity contribution in [2.45, 2.75) is 25.6 Å². The summed E-state index contributed by atoms with van der Waals surface area (Å²) >= 11 is 0. The molecule has 1 aromatic heterocycles. The predicted octanol–water partition coefficient (Wildman–Crippen LogP) is 1.51. The topological polar surface area (TPSA) is 43.4 Å². The zero-order chi connectivity index (χ0) is 13.2. The lowest BCUT2D eigenvalue weighted by molar-refractivity contribution is -0.107. The molecule has 2 heterocycles. The number of aromatic nitrogens is 1. The highest BCUT2D eigenvalue weighted by Gasteiger charge is 2.28. The van der Waals surface area contributed by atoms with E-state index >= 15 is 0 Å². The van der Waals surface area contributed by atoms with Crippen LogP contribution in [-0.2, 0) is 4.74 Å². The van der Waals surface area contributed by atoms with Crippen molar-refractivity contribution in [1.29, 1.82) is 0 Å². The lowest BCUT2D eigenvalue weighted by Gasteiger charge is -2.36. The van der Waals surface area contributed by atoms with Crippen molar-refractivity contribution in [1.82, 2.24) is 10.3 Å². The van der Waals surface area contributed by atoms with Crippen LogP contribution in [0.4, 0.5) is 8.78 Å². The minimum absolute atomic E-state index is 0.173. The lowest BCUT2D eigenvalue weighted by Crippen LogP contribution is -2.52. The summed E-state index contributed by atoms with van der Waals surface area (Å²) in [5.41, 5.74) is -0.277. The zero-order valence-corrected chi connectivity index (χ0v) is 10.4. The Hall–Kier alpha value is -1.27. The molecule has 0 saturated carbocycles. The molecule has 100 valence electrons. The molecule has 1 aliphatic rings. The minimum Gasteiger partial charge on any atom is -0.473 e. The molecule has 6 heteroatoms. The van der Waals surface area contributed by atoms with Crippen LogP contribution in [0.25, 0.3) is 0 Å². The van der Waals surface area contributed by atoms with Gasteiger partial charge < -0.3 is 14.8 Å². The molecule has 1 aromatic rings. The molecule has 0 amide bonds. The minimum atomic E-state index is -0.807. The summed E-state index contributed by atoms with van der Waals surface area (Å²) in [6.45, 7) is 5.48. The molecule has 1 fully saturated rings. The molecule has 1 saturated heterocycles. The molecule has 0 bridgehead atoms. The van der Waals surface area contributed by atoms with Crippen LogP contribution in [0.3, 0.4) is 0 Å². The van der Waals surface area contributed by atoms with Gasteiger partial charge in [0.05, 0.1) is 11.8 Å². The van der Waals surface area contributed by atoms with Crippen LogP contribution in [0, 0.1) is 11.6 Å². The summed E-state index contributed by atoms with van der Waals surface area (Å²) in [5.74, 6) is -1.74. The standard InChI is InChI=1S/C12H16F2N2O2/c1-12(2)7-15-5-9(18-12)6-17-11-10(14)3-8(13)4-16-11/h3-4,9,15H,5-7H2,1-2H3. The molecule has 0 aromatic carbocycles. The van der Waals surface area contributed by atoms with Crippen LogP contribution in [0.2, 0.25) is 0 Å². The van der Waals surface area contributed by atoms with Gasteiger partial charge in [0.2, 0.25) is 0 Å². The molecule has 0 aliphatic carbocycles. The number of nitrogens with one attached hydrogen (secondary N) is 1. The van der Waals surface area contributed by atoms with E-state index in [0.29, 0.717) is 6.54 Å². The second-order valence-corrected chi connectivity index (χ2v) is 4.88. The van der Waals surface area contributed by atoms with Gasteiger partial charge in [-0.2, -0.15) is 0 Å². The van der Waals surface area contributed by atoms with Gasteiger partial charge in [-0.1, -0.05) is 0 Å². The van der Waals surface area contributed by atoms with E-state index in [1.807, 2.05) is 13.8 Å². The highest BCUT2D eigenvalue weighted by molar-refractivity contribution is 5.14. The molecular formula is C12H16F2N2O2. The van der Waals surface area contributed by atoms with E-state index in [1.165, 1.54) is 0 Å². The highest BCUT2D eigenvalue weighted by atomic mass is 19.1. The van der Waals surface area contributed by atoms with Crippen LogP contribution >= 0.6 is 0 Å². The smallest absolute Gasteiger partial charge is 0.250 e. The van der Waals surface area contributed by atoms with Crippen molar-refractivity contribution in [3.8, 4) is 5.88 Å².